The fraction of sp³-hybridized carbons (Fsp3) is 0. The van der Waals surface area contributed by atoms with Gasteiger partial charge in [-0.1, -0.05) is 11.6 Å². The highest BCUT2D eigenvalue weighted by atomic mass is 35.7. The second-order valence-electron chi connectivity index (χ2n) is 2.62. The first-order chi connectivity index (χ1) is 7.29. The largest absolute Gasteiger partial charge is 0.299 e. The lowest BCUT2D eigenvalue weighted by Crippen LogP contribution is -2.02. The summed E-state index contributed by atoms with van der Waals surface area (Å²) in [6, 6.07) is 1.92. The Morgan fingerprint density at radius 2 is 1.94 bits per heavy atom. The van der Waals surface area contributed by atoms with Crippen LogP contribution in [0.4, 0.5) is 5.69 Å². The summed E-state index contributed by atoms with van der Waals surface area (Å²) in [4.78, 5) is 19.7. The molecular weight excluding hydrogens is 281 g/mol. The van der Waals surface area contributed by atoms with Crippen LogP contribution in [0.25, 0.3) is 0 Å². The first-order valence-corrected chi connectivity index (χ1v) is 6.34. The Kier molecular flexibility index (Phi) is 3.51. The van der Waals surface area contributed by atoms with Crippen LogP contribution in [0.5, 0.6) is 0 Å². The Bertz CT molecular complexity index is 568. The van der Waals surface area contributed by atoms with Crippen molar-refractivity contribution in [3.05, 3.63) is 32.8 Å². The van der Waals surface area contributed by atoms with E-state index in [4.69, 9.17) is 22.3 Å². The van der Waals surface area contributed by atoms with Gasteiger partial charge in [0.1, 0.15) is 10.6 Å². The van der Waals surface area contributed by atoms with E-state index in [9.17, 15) is 23.3 Å². The Hall–Kier alpha value is -1.18. The summed E-state index contributed by atoms with van der Waals surface area (Å²) in [6.45, 7) is 0. The van der Waals surface area contributed by atoms with Crippen molar-refractivity contribution in [1.82, 2.24) is 0 Å². The van der Waals surface area contributed by atoms with E-state index in [1.54, 1.807) is 0 Å². The van der Waals surface area contributed by atoms with Gasteiger partial charge in [0.05, 0.1) is 9.82 Å². The van der Waals surface area contributed by atoms with Gasteiger partial charge in [0.25, 0.3) is 14.7 Å². The highest BCUT2D eigenvalue weighted by Crippen LogP contribution is 2.33. The molecule has 6 nitrogen and oxygen atoms in total. The van der Waals surface area contributed by atoms with Crippen molar-refractivity contribution in [2.24, 2.45) is 0 Å². The summed E-state index contributed by atoms with van der Waals surface area (Å²) < 4.78 is 22.1. The molecule has 0 aliphatic heterocycles. The number of aldehydes is 1. The van der Waals surface area contributed by atoms with Crippen LogP contribution in [0.15, 0.2) is 17.0 Å². The summed E-state index contributed by atoms with van der Waals surface area (Å²) in [5, 5.41) is 10.3. The number of rotatable bonds is 3. The van der Waals surface area contributed by atoms with Gasteiger partial charge >= 0.3 is 0 Å². The number of halogens is 2. The predicted octanol–water partition coefficient (Wildman–Crippen LogP) is 1.99. The molecule has 0 spiro atoms. The van der Waals surface area contributed by atoms with Crippen LogP contribution in [0.3, 0.4) is 0 Å². The second-order valence-corrected chi connectivity index (χ2v) is 5.56. The third-order valence-electron chi connectivity index (χ3n) is 1.69. The van der Waals surface area contributed by atoms with E-state index < -0.39 is 30.1 Å². The minimum Gasteiger partial charge on any atom is -0.298 e. The van der Waals surface area contributed by atoms with Gasteiger partial charge in [-0.25, -0.2) is 8.42 Å². The average molecular weight is 284 g/mol. The molecule has 0 aromatic heterocycles. The van der Waals surface area contributed by atoms with Gasteiger partial charge in [0, 0.05) is 10.7 Å². The van der Waals surface area contributed by atoms with E-state index in [0.29, 0.717) is 0 Å². The molecule has 0 aliphatic rings. The standard InChI is InChI=1S/C7H3Cl2NO5S/c8-5-1-2-6(16(9,14)15)4(3-11)7(5)10(12)13/h1-3H. The average Bonchev–Trinajstić information content (AvgIpc) is 2.14. The van der Waals surface area contributed by atoms with Crippen LogP contribution in [0, 0.1) is 10.1 Å². The summed E-state index contributed by atoms with van der Waals surface area (Å²) >= 11 is 5.49. The highest BCUT2D eigenvalue weighted by molar-refractivity contribution is 8.13. The van der Waals surface area contributed by atoms with Gasteiger partial charge in [-0.15, -0.1) is 0 Å². The normalized spacial score (nSPS) is 11.1. The zero-order chi connectivity index (χ0) is 12.5. The van der Waals surface area contributed by atoms with Crippen molar-refractivity contribution in [2.75, 3.05) is 0 Å². The molecule has 0 aliphatic carbocycles. The third-order valence-corrected chi connectivity index (χ3v) is 3.38. The summed E-state index contributed by atoms with van der Waals surface area (Å²) in [6.07, 6.45) is 0.0271. The lowest BCUT2D eigenvalue weighted by Gasteiger charge is -2.02. The van der Waals surface area contributed by atoms with Crippen molar-refractivity contribution in [3.63, 3.8) is 0 Å². The summed E-state index contributed by atoms with van der Waals surface area (Å²) in [5.41, 5.74) is -1.44. The smallest absolute Gasteiger partial charge is 0.298 e. The van der Waals surface area contributed by atoms with Gasteiger partial charge in [0.2, 0.25) is 0 Å². The first-order valence-electron chi connectivity index (χ1n) is 3.65. The van der Waals surface area contributed by atoms with Crippen LogP contribution in [0.1, 0.15) is 10.4 Å². The zero-order valence-electron chi connectivity index (χ0n) is 7.38. The minimum absolute atomic E-state index is 0.0271. The SMILES string of the molecule is O=Cc1c(S(=O)(=O)Cl)ccc(Cl)c1[N+](=O)[O-]. The molecule has 0 atom stereocenters. The number of hydrogen-bond donors (Lipinski definition) is 0. The van der Waals surface area contributed by atoms with Crippen LogP contribution in [0.2, 0.25) is 5.02 Å². The third kappa shape index (κ3) is 2.31. The van der Waals surface area contributed by atoms with Crippen molar-refractivity contribution < 1.29 is 18.1 Å². The lowest BCUT2D eigenvalue weighted by molar-refractivity contribution is -0.385. The number of nitro groups is 1. The molecule has 0 saturated heterocycles. The number of nitrogens with zero attached hydrogens (tertiary/aromatic N) is 1. The number of nitro benzene ring substituents is 1. The number of carbonyl (C=O) groups is 1. The van der Waals surface area contributed by atoms with Crippen LogP contribution in [-0.2, 0) is 9.05 Å². The van der Waals surface area contributed by atoms with Gasteiger partial charge in [-0.2, -0.15) is 0 Å². The van der Waals surface area contributed by atoms with Crippen molar-refractivity contribution in [2.45, 2.75) is 4.90 Å². The van der Waals surface area contributed by atoms with E-state index in [2.05, 4.69) is 0 Å². The van der Waals surface area contributed by atoms with E-state index in [1.165, 1.54) is 0 Å². The molecule has 0 N–H and O–H groups in total. The van der Waals surface area contributed by atoms with Crippen molar-refractivity contribution >= 4 is 43.3 Å². The van der Waals surface area contributed by atoms with Gasteiger partial charge in [-0.3, -0.25) is 14.9 Å². The molecule has 1 rings (SSSR count). The molecule has 1 aromatic rings. The molecule has 0 fully saturated rings. The fourth-order valence-electron chi connectivity index (χ4n) is 1.07. The molecule has 86 valence electrons. The molecular formula is C7H3Cl2NO5S. The number of carbonyl (C=O) groups excluding carboxylic acids is 1. The molecule has 0 heterocycles. The van der Waals surface area contributed by atoms with Gasteiger partial charge in [0.15, 0.2) is 6.29 Å². The zero-order valence-corrected chi connectivity index (χ0v) is 9.71. The number of benzene rings is 1. The molecule has 16 heavy (non-hydrogen) atoms. The Balaban J connectivity index is 3.76. The molecule has 0 bridgehead atoms. The fourth-order valence-corrected chi connectivity index (χ4v) is 2.35. The monoisotopic (exact) mass is 283 g/mol. The van der Waals surface area contributed by atoms with Crippen LogP contribution < -0.4 is 0 Å². The van der Waals surface area contributed by atoms with E-state index in [0.717, 1.165) is 12.1 Å². The lowest BCUT2D eigenvalue weighted by atomic mass is 10.2. The first kappa shape index (κ1) is 12.9. The van der Waals surface area contributed by atoms with Crippen molar-refractivity contribution in [1.29, 1.82) is 0 Å². The van der Waals surface area contributed by atoms with E-state index in [1.807, 2.05) is 0 Å². The quantitative estimate of drug-likeness (QED) is 0.366. The van der Waals surface area contributed by atoms with Gasteiger partial charge in [-0.05, 0) is 12.1 Å². The van der Waals surface area contributed by atoms with E-state index >= 15 is 0 Å². The summed E-state index contributed by atoms with van der Waals surface area (Å²) in [5.74, 6) is 0. The van der Waals surface area contributed by atoms with Crippen LogP contribution >= 0.6 is 22.3 Å². The van der Waals surface area contributed by atoms with Crippen LogP contribution in [-0.4, -0.2) is 19.6 Å². The molecule has 1 aromatic carbocycles. The predicted molar refractivity (Wildman–Crippen MR) is 56.5 cm³/mol. The van der Waals surface area contributed by atoms with Gasteiger partial charge < -0.3 is 0 Å². The van der Waals surface area contributed by atoms with Crippen molar-refractivity contribution in [3.8, 4) is 0 Å². The molecule has 9 heteroatoms. The Labute approximate surface area is 99.3 Å². The molecule has 0 unspecified atom stereocenters. The molecule has 0 saturated carbocycles. The highest BCUT2D eigenvalue weighted by Gasteiger charge is 2.27. The maximum Gasteiger partial charge on any atom is 0.299 e. The maximum atomic E-state index is 11.0. The topological polar surface area (TPSA) is 94.3 Å². The Morgan fingerprint density at radius 3 is 2.31 bits per heavy atom. The molecule has 0 amide bonds. The summed E-state index contributed by atoms with van der Waals surface area (Å²) in [7, 11) is 0.779. The number of hydrogen-bond acceptors (Lipinski definition) is 5. The molecule has 0 radical (unpaired) electrons. The minimum atomic E-state index is -4.24. The second kappa shape index (κ2) is 4.36. The van der Waals surface area contributed by atoms with E-state index in [-0.39, 0.29) is 11.3 Å². The Morgan fingerprint density at radius 1 is 1.38 bits per heavy atom. The maximum absolute atomic E-state index is 11.0.